The van der Waals surface area contributed by atoms with Crippen LogP contribution >= 0.6 is 0 Å². The summed E-state index contributed by atoms with van der Waals surface area (Å²) >= 11 is 0. The number of ether oxygens (including phenoxy) is 1. The second-order valence-electron chi connectivity index (χ2n) is 6.06. The molecule has 6 heteroatoms. The average molecular weight is 363 g/mol. The molecule has 0 saturated heterocycles. The van der Waals surface area contributed by atoms with Crippen molar-refractivity contribution in [3.63, 3.8) is 0 Å². The number of aromatic nitrogens is 3. The minimum absolute atomic E-state index is 0.109. The molecule has 0 unspecified atom stereocenters. The molecule has 0 aliphatic carbocycles. The van der Waals surface area contributed by atoms with Crippen molar-refractivity contribution in [3.8, 4) is 17.0 Å². The van der Waals surface area contributed by atoms with Crippen LogP contribution in [0.1, 0.15) is 15.7 Å². The second kappa shape index (κ2) is 7.47. The number of aliphatic hydroxyl groups is 1. The second-order valence-corrected chi connectivity index (χ2v) is 6.06. The number of rotatable bonds is 6. The highest BCUT2D eigenvalue weighted by Crippen LogP contribution is 2.33. The van der Waals surface area contributed by atoms with Crippen molar-refractivity contribution in [2.45, 2.75) is 6.04 Å². The summed E-state index contributed by atoms with van der Waals surface area (Å²) in [5.41, 5.74) is 2.75. The van der Waals surface area contributed by atoms with Gasteiger partial charge < -0.3 is 20.1 Å². The molecule has 136 valence electrons. The van der Waals surface area contributed by atoms with Gasteiger partial charge in [0.2, 0.25) is 0 Å². The van der Waals surface area contributed by atoms with Crippen molar-refractivity contribution in [2.24, 2.45) is 0 Å². The highest BCUT2D eigenvalue weighted by Gasteiger charge is 2.16. The first-order valence-electron chi connectivity index (χ1n) is 9.99. The molecule has 4 aromatic rings. The minimum atomic E-state index is -2.56. The van der Waals surface area contributed by atoms with Crippen molar-refractivity contribution in [1.82, 2.24) is 15.0 Å². The van der Waals surface area contributed by atoms with E-state index in [-0.39, 0.29) is 18.4 Å². The zero-order valence-corrected chi connectivity index (χ0v) is 14.4. The third-order valence-corrected chi connectivity index (χ3v) is 4.41. The SMILES string of the molecule is [2H]C([2H])([2H])Oc1ccccc1-c1cc2c(N[C@H](CO)c3ccccc3)ncnc2[nH]1. The molecule has 0 radical (unpaired) electrons. The third-order valence-electron chi connectivity index (χ3n) is 4.41. The molecule has 0 bridgehead atoms. The van der Waals surface area contributed by atoms with Gasteiger partial charge in [0, 0.05) is 5.56 Å². The number of methoxy groups -OCH3 is 1. The van der Waals surface area contributed by atoms with E-state index in [0.717, 1.165) is 5.56 Å². The number of nitrogens with one attached hydrogen (secondary N) is 2. The Morgan fingerprint density at radius 3 is 2.78 bits per heavy atom. The van der Waals surface area contributed by atoms with E-state index in [1.807, 2.05) is 36.4 Å². The Morgan fingerprint density at radius 1 is 1.15 bits per heavy atom. The van der Waals surface area contributed by atoms with E-state index in [1.54, 1.807) is 24.3 Å². The number of nitrogens with zero attached hydrogens (tertiary/aromatic N) is 2. The van der Waals surface area contributed by atoms with Gasteiger partial charge in [0.15, 0.2) is 0 Å². The molecular formula is C21H20N4O2. The van der Waals surface area contributed by atoms with Gasteiger partial charge in [0.25, 0.3) is 0 Å². The number of benzene rings is 2. The Bertz CT molecular complexity index is 1150. The van der Waals surface area contributed by atoms with Crippen LogP contribution in [0.15, 0.2) is 67.0 Å². The van der Waals surface area contributed by atoms with E-state index >= 15 is 0 Å². The molecule has 3 N–H and O–H groups in total. The summed E-state index contributed by atoms with van der Waals surface area (Å²) in [5.74, 6) is 0.795. The first kappa shape index (κ1) is 13.8. The maximum atomic E-state index is 9.86. The summed E-state index contributed by atoms with van der Waals surface area (Å²) < 4.78 is 27.3. The summed E-state index contributed by atoms with van der Waals surface area (Å²) in [6.07, 6.45) is 1.43. The summed E-state index contributed by atoms with van der Waals surface area (Å²) in [7, 11) is -2.56. The van der Waals surface area contributed by atoms with Crippen molar-refractivity contribution >= 4 is 16.9 Å². The number of aliphatic hydroxyl groups excluding tert-OH is 1. The van der Waals surface area contributed by atoms with Crippen molar-refractivity contribution in [3.05, 3.63) is 72.6 Å². The lowest BCUT2D eigenvalue weighted by atomic mass is 10.1. The summed E-state index contributed by atoms with van der Waals surface area (Å²) in [6, 6.07) is 18.0. The minimum Gasteiger partial charge on any atom is -0.496 e. The predicted octanol–water partition coefficient (Wildman–Crippen LogP) is 3.78. The molecule has 27 heavy (non-hydrogen) atoms. The van der Waals surface area contributed by atoms with Crippen LogP contribution in [-0.4, -0.2) is 33.7 Å². The van der Waals surface area contributed by atoms with Crippen LogP contribution in [0, 0.1) is 0 Å². The fraction of sp³-hybridized carbons (Fsp3) is 0.143. The first-order valence-corrected chi connectivity index (χ1v) is 8.49. The van der Waals surface area contributed by atoms with E-state index < -0.39 is 7.04 Å². The maximum Gasteiger partial charge on any atom is 0.143 e. The fourth-order valence-corrected chi connectivity index (χ4v) is 3.06. The Hall–Kier alpha value is -3.38. The predicted molar refractivity (Wildman–Crippen MR) is 106 cm³/mol. The van der Waals surface area contributed by atoms with Gasteiger partial charge in [-0.1, -0.05) is 42.5 Å². The number of aromatic amines is 1. The standard InChI is InChI=1S/C21H20N4O2/c1-27-19-10-6-5-9-15(19)17-11-16-20(24-17)22-13-23-21(16)25-18(12-26)14-7-3-2-4-8-14/h2-11,13,18,26H,12H2,1H3,(H2,22,23,24,25)/t18-/m1/s1/i1D3. The summed E-state index contributed by atoms with van der Waals surface area (Å²) in [5, 5.41) is 13.8. The van der Waals surface area contributed by atoms with E-state index in [2.05, 4.69) is 20.3 Å². The third kappa shape index (κ3) is 3.35. The number of para-hydroxylation sites is 1. The first-order chi connectivity index (χ1) is 14.4. The Morgan fingerprint density at radius 2 is 1.96 bits per heavy atom. The van der Waals surface area contributed by atoms with Crippen LogP contribution in [0.2, 0.25) is 0 Å². The number of fused-ring (bicyclic) bond motifs is 1. The monoisotopic (exact) mass is 363 g/mol. The molecule has 0 saturated carbocycles. The topological polar surface area (TPSA) is 83.1 Å². The van der Waals surface area contributed by atoms with Gasteiger partial charge in [-0.15, -0.1) is 0 Å². The van der Waals surface area contributed by atoms with E-state index in [0.29, 0.717) is 28.1 Å². The molecule has 0 fully saturated rings. The van der Waals surface area contributed by atoms with Gasteiger partial charge in [-0.05, 0) is 23.8 Å². The van der Waals surface area contributed by atoms with Crippen molar-refractivity contribution < 1.29 is 14.0 Å². The largest absolute Gasteiger partial charge is 0.496 e. The highest BCUT2D eigenvalue weighted by atomic mass is 16.5. The van der Waals surface area contributed by atoms with Gasteiger partial charge in [-0.3, -0.25) is 0 Å². The molecule has 1 atom stereocenters. The molecule has 2 aromatic carbocycles. The van der Waals surface area contributed by atoms with Crippen LogP contribution in [0.4, 0.5) is 5.82 Å². The van der Waals surface area contributed by atoms with Crippen molar-refractivity contribution in [1.29, 1.82) is 0 Å². The molecule has 6 nitrogen and oxygen atoms in total. The van der Waals surface area contributed by atoms with E-state index in [1.165, 1.54) is 6.33 Å². The lowest BCUT2D eigenvalue weighted by Gasteiger charge is -2.17. The maximum absolute atomic E-state index is 9.86. The Kier molecular flexibility index (Phi) is 3.81. The fourth-order valence-electron chi connectivity index (χ4n) is 3.06. The van der Waals surface area contributed by atoms with Crippen LogP contribution in [-0.2, 0) is 0 Å². The summed E-state index contributed by atoms with van der Waals surface area (Å²) in [6.45, 7) is -0.109. The van der Waals surface area contributed by atoms with Gasteiger partial charge in [-0.25, -0.2) is 9.97 Å². The lowest BCUT2D eigenvalue weighted by Crippen LogP contribution is -2.15. The molecule has 0 aliphatic heterocycles. The summed E-state index contributed by atoms with van der Waals surface area (Å²) in [4.78, 5) is 11.8. The molecule has 2 heterocycles. The van der Waals surface area contributed by atoms with Gasteiger partial charge in [-0.2, -0.15) is 0 Å². The number of hydrogen-bond acceptors (Lipinski definition) is 5. The molecule has 2 aromatic heterocycles. The zero-order valence-electron chi connectivity index (χ0n) is 17.4. The molecular weight excluding hydrogens is 340 g/mol. The van der Waals surface area contributed by atoms with Crippen molar-refractivity contribution in [2.75, 3.05) is 19.0 Å². The number of hydrogen-bond donors (Lipinski definition) is 3. The molecule has 0 amide bonds. The average Bonchev–Trinajstić information content (AvgIpc) is 3.17. The quantitative estimate of drug-likeness (QED) is 0.486. The van der Waals surface area contributed by atoms with Gasteiger partial charge in [0.1, 0.15) is 23.5 Å². The van der Waals surface area contributed by atoms with E-state index in [4.69, 9.17) is 8.85 Å². The zero-order chi connectivity index (χ0) is 21.1. The highest BCUT2D eigenvalue weighted by molar-refractivity contribution is 5.92. The van der Waals surface area contributed by atoms with E-state index in [9.17, 15) is 5.11 Å². The van der Waals surface area contributed by atoms with Gasteiger partial charge in [0.05, 0.1) is 34.9 Å². The Balaban J connectivity index is 1.72. The van der Waals surface area contributed by atoms with Crippen LogP contribution in [0.3, 0.4) is 0 Å². The lowest BCUT2D eigenvalue weighted by molar-refractivity contribution is 0.276. The van der Waals surface area contributed by atoms with Crippen LogP contribution in [0.5, 0.6) is 5.75 Å². The molecule has 0 spiro atoms. The molecule has 0 aliphatic rings. The van der Waals surface area contributed by atoms with Crippen LogP contribution in [0.25, 0.3) is 22.3 Å². The smallest absolute Gasteiger partial charge is 0.143 e. The molecule has 4 rings (SSSR count). The number of anilines is 1. The Labute approximate surface area is 161 Å². The number of H-pyrrole nitrogens is 1. The normalized spacial score (nSPS) is 14.2. The van der Waals surface area contributed by atoms with Crippen LogP contribution < -0.4 is 10.1 Å². The van der Waals surface area contributed by atoms with Gasteiger partial charge >= 0.3 is 0 Å².